The highest BCUT2D eigenvalue weighted by Gasteiger charge is 2.56. The molecule has 2 aromatic rings. The number of nitrogens with zero attached hydrogens (tertiary/aromatic N) is 1. The summed E-state index contributed by atoms with van der Waals surface area (Å²) in [7, 11) is -4.28. The average molecular weight is 570 g/mol. The molecule has 0 bridgehead atoms. The molecular formula is C24H29ClN3O9P. The molecule has 3 rings (SSSR count). The van der Waals surface area contributed by atoms with Crippen molar-refractivity contribution in [3.8, 4) is 17.6 Å². The number of rotatable bonds is 10. The number of carbonyl (C=O) groups excluding carboxylic acids is 1. The summed E-state index contributed by atoms with van der Waals surface area (Å²) in [4.78, 5) is 36.5. The predicted octanol–water partition coefficient (Wildman–Crippen LogP) is 1.93. The third-order valence-electron chi connectivity index (χ3n) is 5.30. The molecule has 2 heterocycles. The van der Waals surface area contributed by atoms with Crippen molar-refractivity contribution >= 4 is 25.3 Å². The molecule has 3 N–H and O–H groups in total. The van der Waals surface area contributed by atoms with Crippen molar-refractivity contribution in [2.75, 3.05) is 6.61 Å². The number of para-hydroxylation sites is 1. The summed E-state index contributed by atoms with van der Waals surface area (Å²) in [5.74, 6) is 4.74. The number of aromatic nitrogens is 2. The van der Waals surface area contributed by atoms with E-state index in [9.17, 15) is 24.1 Å². The van der Waals surface area contributed by atoms with Gasteiger partial charge in [0.1, 0.15) is 24.0 Å². The van der Waals surface area contributed by atoms with Gasteiger partial charge in [-0.1, -0.05) is 35.7 Å². The topological polar surface area (TPSA) is 158 Å². The Hall–Kier alpha value is -2.91. The number of halogens is 1. The highest BCUT2D eigenvalue weighted by Crippen LogP contribution is 2.48. The smallest absolute Gasteiger partial charge is 0.459 e. The van der Waals surface area contributed by atoms with Gasteiger partial charge < -0.3 is 19.1 Å². The first-order valence-electron chi connectivity index (χ1n) is 11.6. The molecule has 1 aliphatic rings. The van der Waals surface area contributed by atoms with Gasteiger partial charge in [0.25, 0.3) is 5.56 Å². The fourth-order valence-electron chi connectivity index (χ4n) is 3.60. The van der Waals surface area contributed by atoms with E-state index >= 15 is 0 Å². The number of nitrogens with one attached hydrogen (secondary N) is 2. The van der Waals surface area contributed by atoms with Gasteiger partial charge in [-0.3, -0.25) is 23.7 Å². The Labute approximate surface area is 223 Å². The number of benzene rings is 1. The van der Waals surface area contributed by atoms with Crippen LogP contribution in [0, 0.1) is 11.8 Å². The maximum Gasteiger partial charge on any atom is 0.459 e. The van der Waals surface area contributed by atoms with Crippen LogP contribution in [0.25, 0.3) is 0 Å². The summed E-state index contributed by atoms with van der Waals surface area (Å²) in [6.45, 7) is 5.70. The molecule has 14 heteroatoms. The molecule has 0 saturated carbocycles. The van der Waals surface area contributed by atoms with Crippen molar-refractivity contribution in [3.05, 3.63) is 63.4 Å². The number of carbonyl (C=O) groups is 1. The zero-order valence-corrected chi connectivity index (χ0v) is 22.8. The Bertz CT molecular complexity index is 1350. The fourth-order valence-corrected chi connectivity index (χ4v) is 5.49. The minimum atomic E-state index is -4.28. The Morgan fingerprint density at radius 1 is 1.29 bits per heavy atom. The number of esters is 1. The van der Waals surface area contributed by atoms with E-state index in [0.717, 1.165) is 16.8 Å². The number of hydrogen-bond acceptors (Lipinski definition) is 9. The zero-order valence-electron chi connectivity index (χ0n) is 21.1. The molecule has 38 heavy (non-hydrogen) atoms. The number of ether oxygens (including phenoxy) is 2. The Morgan fingerprint density at radius 3 is 2.58 bits per heavy atom. The molecule has 1 fully saturated rings. The first kappa shape index (κ1) is 29.6. The van der Waals surface area contributed by atoms with Crippen LogP contribution in [0.15, 0.2) is 52.2 Å². The van der Waals surface area contributed by atoms with Crippen molar-refractivity contribution in [1.82, 2.24) is 14.6 Å². The van der Waals surface area contributed by atoms with Gasteiger partial charge in [-0.15, -0.1) is 5.92 Å². The largest absolute Gasteiger partial charge is 0.462 e. The van der Waals surface area contributed by atoms with Crippen LogP contribution >= 0.6 is 19.3 Å². The van der Waals surface area contributed by atoms with Gasteiger partial charge in [-0.25, -0.2) is 9.36 Å². The van der Waals surface area contributed by atoms with Crippen LogP contribution < -0.4 is 20.9 Å². The number of aliphatic hydroxyl groups is 1. The van der Waals surface area contributed by atoms with E-state index in [1.165, 1.54) is 26.0 Å². The van der Waals surface area contributed by atoms with E-state index in [-0.39, 0.29) is 5.75 Å². The summed E-state index contributed by atoms with van der Waals surface area (Å²) in [5, 5.41) is 13.6. The number of aliphatic hydroxyl groups excluding tert-OH is 1. The van der Waals surface area contributed by atoms with Gasteiger partial charge in [0, 0.05) is 12.3 Å². The summed E-state index contributed by atoms with van der Waals surface area (Å²) >= 11 is 6.65. The average Bonchev–Trinajstić information content (AvgIpc) is 3.08. The third-order valence-corrected chi connectivity index (χ3v) is 7.45. The first-order valence-corrected chi connectivity index (χ1v) is 13.6. The van der Waals surface area contributed by atoms with E-state index in [1.54, 1.807) is 32.0 Å². The minimum absolute atomic E-state index is 0.182. The van der Waals surface area contributed by atoms with Crippen molar-refractivity contribution in [1.29, 1.82) is 0 Å². The highest BCUT2D eigenvalue weighted by atomic mass is 35.5. The molecule has 0 spiro atoms. The van der Waals surface area contributed by atoms with Gasteiger partial charge in [0.05, 0.1) is 12.7 Å². The lowest BCUT2D eigenvalue weighted by atomic mass is 9.99. The van der Waals surface area contributed by atoms with Gasteiger partial charge in [0.15, 0.2) is 11.1 Å². The summed E-state index contributed by atoms with van der Waals surface area (Å²) in [6.07, 6.45) is -3.37. The SMILES string of the molecule is CC#CC1(Cl)[C@@H](O)[C@@H](COP(=O)(N[C@@H](C)C(=O)OC(C)C)Oc2ccccc2)O[C@H]1n1ccc(=O)[nH]c1=O. The Kier molecular flexibility index (Phi) is 9.59. The standard InChI is InChI=1S/C24H29ClN3O9P/c1-5-12-24(25)20(30)18(36-22(24)28-13-11-19(29)26-23(28)32)14-34-38(33,37-17-9-7-6-8-10-17)27-16(4)21(31)35-15(2)3/h6-11,13,15-16,18,20,22,30H,14H2,1-4H3,(H,27,33)(H,26,29,32)/t16-,18+,20-,22+,24?,38?/m0/s1. The molecule has 1 aliphatic heterocycles. The molecule has 12 nitrogen and oxygen atoms in total. The first-order chi connectivity index (χ1) is 17.9. The Balaban J connectivity index is 1.86. The van der Waals surface area contributed by atoms with Gasteiger partial charge in [-0.2, -0.15) is 5.09 Å². The second-order valence-corrected chi connectivity index (χ2v) is 11.0. The van der Waals surface area contributed by atoms with Crippen LogP contribution in [-0.2, 0) is 23.4 Å². The second kappa shape index (κ2) is 12.3. The lowest BCUT2D eigenvalue weighted by molar-refractivity contribution is -0.149. The van der Waals surface area contributed by atoms with E-state index in [1.807, 2.05) is 0 Å². The molecular weight excluding hydrogens is 541 g/mol. The molecule has 6 atom stereocenters. The number of H-pyrrole nitrogens is 1. The number of alkyl halides is 1. The zero-order chi connectivity index (χ0) is 28.1. The third kappa shape index (κ3) is 6.94. The van der Waals surface area contributed by atoms with Gasteiger partial charge >= 0.3 is 19.4 Å². The molecule has 1 aromatic carbocycles. The molecule has 0 aliphatic carbocycles. The van der Waals surface area contributed by atoms with Crippen LogP contribution in [-0.4, -0.2) is 56.5 Å². The molecule has 1 aromatic heterocycles. The fraction of sp³-hybridized carbons (Fsp3) is 0.458. The van der Waals surface area contributed by atoms with Crippen LogP contribution in [0.2, 0.25) is 0 Å². The molecule has 1 saturated heterocycles. The lowest BCUT2D eigenvalue weighted by Crippen LogP contribution is -2.44. The van der Waals surface area contributed by atoms with E-state index in [4.69, 9.17) is 30.1 Å². The van der Waals surface area contributed by atoms with Crippen molar-refractivity contribution in [2.24, 2.45) is 0 Å². The monoisotopic (exact) mass is 569 g/mol. The lowest BCUT2D eigenvalue weighted by Gasteiger charge is -2.26. The van der Waals surface area contributed by atoms with Crippen LogP contribution in [0.5, 0.6) is 5.75 Å². The molecule has 0 amide bonds. The van der Waals surface area contributed by atoms with Gasteiger partial charge in [-0.05, 0) is 39.8 Å². The summed E-state index contributed by atoms with van der Waals surface area (Å²) in [6, 6.07) is 8.10. The molecule has 0 radical (unpaired) electrons. The summed E-state index contributed by atoms with van der Waals surface area (Å²) in [5.41, 5.74) is -1.47. The van der Waals surface area contributed by atoms with E-state index < -0.39 is 67.0 Å². The number of hydrogen-bond donors (Lipinski definition) is 3. The number of aromatic amines is 1. The maximum atomic E-state index is 13.7. The highest BCUT2D eigenvalue weighted by molar-refractivity contribution is 7.52. The minimum Gasteiger partial charge on any atom is -0.462 e. The maximum absolute atomic E-state index is 13.7. The van der Waals surface area contributed by atoms with Crippen molar-refractivity contribution in [2.45, 2.75) is 63.2 Å². The van der Waals surface area contributed by atoms with E-state index in [0.29, 0.717) is 0 Å². The van der Waals surface area contributed by atoms with Crippen LogP contribution in [0.4, 0.5) is 0 Å². The van der Waals surface area contributed by atoms with E-state index in [2.05, 4.69) is 21.9 Å². The van der Waals surface area contributed by atoms with Crippen LogP contribution in [0.3, 0.4) is 0 Å². The summed E-state index contributed by atoms with van der Waals surface area (Å²) < 4.78 is 36.9. The predicted molar refractivity (Wildman–Crippen MR) is 138 cm³/mol. The van der Waals surface area contributed by atoms with Crippen molar-refractivity contribution in [3.63, 3.8) is 0 Å². The van der Waals surface area contributed by atoms with Gasteiger partial charge in [0.2, 0.25) is 0 Å². The quantitative estimate of drug-likeness (QED) is 0.167. The Morgan fingerprint density at radius 2 is 1.97 bits per heavy atom. The molecule has 2 unspecified atom stereocenters. The van der Waals surface area contributed by atoms with Crippen molar-refractivity contribution < 1.29 is 33.0 Å². The molecule has 206 valence electrons. The van der Waals surface area contributed by atoms with Crippen LogP contribution in [0.1, 0.15) is 33.9 Å². The second-order valence-electron chi connectivity index (χ2n) is 8.67. The normalized spacial score (nSPS) is 25.2.